The van der Waals surface area contributed by atoms with E-state index in [1.54, 1.807) is 0 Å². The number of alkyl halides is 12. The maximum Gasteiger partial charge on any atom is 3.00 e. The summed E-state index contributed by atoms with van der Waals surface area (Å²) in [4.78, 5) is 24.8. The first-order valence-electron chi connectivity index (χ1n) is 16.7. The molecule has 5 aromatic rings. The van der Waals surface area contributed by atoms with Crippen molar-refractivity contribution in [1.82, 2.24) is 0 Å². The molecule has 0 aliphatic rings. The summed E-state index contributed by atoms with van der Waals surface area (Å²) in [5, 5.41) is 53.8. The van der Waals surface area contributed by atoms with Gasteiger partial charge in [-0.2, -0.15) is 57.4 Å². The predicted octanol–water partition coefficient (Wildman–Crippen LogP) is 8.71. The zero-order chi connectivity index (χ0) is 49.9. The molecule has 0 atom stereocenters. The van der Waals surface area contributed by atoms with Gasteiger partial charge in [0, 0.05) is 33.4 Å². The Kier molecular flexibility index (Phi) is 20.6. The topological polar surface area (TPSA) is 260 Å². The Morgan fingerprint density at radius 1 is 0.394 bits per heavy atom. The van der Waals surface area contributed by atoms with Gasteiger partial charge in [-0.15, -0.1) is 0 Å². The third kappa shape index (κ3) is 15.8. The zero-order valence-electron chi connectivity index (χ0n) is 32.0. The third-order valence-corrected chi connectivity index (χ3v) is 14.5. The van der Waals surface area contributed by atoms with E-state index in [9.17, 15) is 67.0 Å². The molecule has 0 N–H and O–H groups in total. The number of pyridine rings is 1. The Bertz CT molecular complexity index is 2280. The quantitative estimate of drug-likeness (QED) is 0.0353. The molecule has 0 aliphatic heterocycles. The van der Waals surface area contributed by atoms with Crippen LogP contribution in [0.4, 0.5) is 52.7 Å². The third-order valence-electron chi connectivity index (χ3n) is 8.26. The molecule has 4 aromatic carbocycles. The number of hydrogen-bond donors (Lipinski definition) is 0. The van der Waals surface area contributed by atoms with Gasteiger partial charge in [-0.1, -0.05) is 72.8 Å². The summed E-state index contributed by atoms with van der Waals surface area (Å²) in [5.41, 5.74) is -7.87. The SMILES string of the molecule is O=P(Cc1cccc(CP(=O)(c2ccccc2C(F)(F)F)c2ccccc2C(F)(F)F)[n+]1[O-])(c1ccccc1C(F)(F)F)c1ccccc1C(F)(F)F.O=[N+]([O-])[O-].O=[N+]([O-])[O-].O=[N+]([O-])[O-].[Nd+3]. The number of aromatic nitrogens is 1. The molecule has 66 heavy (non-hydrogen) atoms. The molecule has 0 unspecified atom stereocenters. The summed E-state index contributed by atoms with van der Waals surface area (Å²) in [6.45, 7) is 0. The minimum Gasteiger partial charge on any atom is -0.618 e. The molecule has 0 bridgehead atoms. The molecule has 0 saturated carbocycles. The molecule has 31 heteroatoms. The van der Waals surface area contributed by atoms with Crippen LogP contribution in [0, 0.1) is 92.0 Å². The van der Waals surface area contributed by atoms with Crippen LogP contribution in [0.3, 0.4) is 0 Å². The second kappa shape index (κ2) is 23.2. The van der Waals surface area contributed by atoms with E-state index in [1.807, 2.05) is 0 Å². The Morgan fingerprint density at radius 3 is 0.758 bits per heavy atom. The van der Waals surface area contributed by atoms with Crippen molar-refractivity contribution in [1.29, 1.82) is 0 Å². The Hall–Kier alpha value is -5.60. The Labute approximate surface area is 393 Å². The van der Waals surface area contributed by atoms with E-state index in [1.165, 1.54) is 0 Å². The second-order valence-corrected chi connectivity index (χ2v) is 17.8. The molecule has 1 radical (unpaired) electrons. The van der Waals surface area contributed by atoms with Crippen molar-refractivity contribution < 1.29 is 123 Å². The summed E-state index contributed by atoms with van der Waals surface area (Å²) in [7, 11) is -10.4. The van der Waals surface area contributed by atoms with Gasteiger partial charge >= 0.3 is 65.5 Å². The van der Waals surface area contributed by atoms with Crippen molar-refractivity contribution in [3.05, 3.63) is 200 Å². The first kappa shape index (κ1) is 58.4. The van der Waals surface area contributed by atoms with Crippen LogP contribution in [0.1, 0.15) is 33.6 Å². The monoisotopic (exact) mass is 1120 g/mol. The fraction of sp³-hybridized carbons (Fsp3) is 0.171. The first-order valence-corrected chi connectivity index (χ1v) is 20.5. The molecule has 1 aromatic heterocycles. The van der Waals surface area contributed by atoms with Crippen LogP contribution < -0.4 is 25.9 Å². The van der Waals surface area contributed by atoms with Crippen molar-refractivity contribution in [2.75, 3.05) is 0 Å². The molecule has 353 valence electrons. The van der Waals surface area contributed by atoms with Gasteiger partial charge in [0.25, 0.3) is 0 Å². The van der Waals surface area contributed by atoms with Gasteiger partial charge in [-0.3, -0.25) is 0 Å². The number of benzene rings is 4. The van der Waals surface area contributed by atoms with E-state index in [2.05, 4.69) is 0 Å². The molecular formula is C35H23F12N4NdO12P2. The van der Waals surface area contributed by atoms with Gasteiger partial charge in [0.2, 0.25) is 11.4 Å². The van der Waals surface area contributed by atoms with Crippen LogP contribution in [0.15, 0.2) is 115 Å². The van der Waals surface area contributed by atoms with E-state index >= 15 is 0 Å². The van der Waals surface area contributed by atoms with Gasteiger partial charge in [0.05, 0.1) is 49.8 Å². The van der Waals surface area contributed by atoms with Gasteiger partial charge < -0.3 is 60.3 Å². The number of rotatable bonds is 8. The molecule has 0 amide bonds. The van der Waals surface area contributed by atoms with Crippen molar-refractivity contribution in [2.45, 2.75) is 37.0 Å². The van der Waals surface area contributed by atoms with Crippen molar-refractivity contribution in [2.24, 2.45) is 0 Å². The first-order chi connectivity index (χ1) is 29.7. The maximum absolute atomic E-state index is 15.0. The van der Waals surface area contributed by atoms with Crippen LogP contribution in [0.25, 0.3) is 0 Å². The van der Waals surface area contributed by atoms with Crippen molar-refractivity contribution in [3.63, 3.8) is 0 Å². The second-order valence-electron chi connectivity index (χ2n) is 12.3. The standard InChI is InChI=1S/C35H23F12NO3P2.3NO3.Nd/c36-32(37,38)24-12-1-5-16-28(24)52(50,29-17-6-2-13-25(29)33(39,40)41)20-22-10-9-11-23(48(22)49)21-53(51,30-18-7-3-14-26(30)34(42,43)44)31-19-8-4-15-27(31)35(45,46)47;3*2-1(3)4;/h1-19H,20-21H2;;;;/q;3*-1;+3. The zero-order valence-corrected chi connectivity index (χ0v) is 37.0. The molecule has 0 aliphatic carbocycles. The molecular weight excluding hydrogens is 1100 g/mol. The van der Waals surface area contributed by atoms with E-state index < -0.39 is 121 Å². The molecule has 5 rings (SSSR count). The summed E-state index contributed by atoms with van der Waals surface area (Å²) in [5.74, 6) is 0. The summed E-state index contributed by atoms with van der Waals surface area (Å²) in [6, 6.07) is 14.9. The number of halogens is 12. The largest absolute Gasteiger partial charge is 3.00 e. The van der Waals surface area contributed by atoms with E-state index in [0.29, 0.717) is 48.5 Å². The molecule has 0 fully saturated rings. The van der Waals surface area contributed by atoms with Crippen LogP contribution in [0.5, 0.6) is 0 Å². The van der Waals surface area contributed by atoms with Crippen LogP contribution in [-0.2, 0) is 46.2 Å². The van der Waals surface area contributed by atoms with Crippen LogP contribution in [0.2, 0.25) is 0 Å². The van der Waals surface area contributed by atoms with Gasteiger partial charge in [-0.25, -0.2) is 0 Å². The Balaban J connectivity index is 0.00000149. The smallest absolute Gasteiger partial charge is 0.618 e. The molecule has 0 spiro atoms. The van der Waals surface area contributed by atoms with Crippen molar-refractivity contribution >= 4 is 35.5 Å². The van der Waals surface area contributed by atoms with Gasteiger partial charge in [0.1, 0.15) is 0 Å². The Morgan fingerprint density at radius 2 is 0.576 bits per heavy atom. The van der Waals surface area contributed by atoms with E-state index in [0.717, 1.165) is 66.7 Å². The molecule has 16 nitrogen and oxygen atoms in total. The van der Waals surface area contributed by atoms with Gasteiger partial charge in [-0.05, 0) is 30.3 Å². The van der Waals surface area contributed by atoms with E-state index in [-0.39, 0.29) is 45.6 Å². The molecule has 0 saturated heterocycles. The number of nitrogens with zero attached hydrogens (tertiary/aromatic N) is 4. The minimum atomic E-state index is -5.25. The maximum atomic E-state index is 15.0. The summed E-state index contributed by atoms with van der Waals surface area (Å²) >= 11 is 0. The van der Waals surface area contributed by atoms with Crippen molar-refractivity contribution in [3.8, 4) is 0 Å². The fourth-order valence-corrected chi connectivity index (χ4v) is 12.2. The van der Waals surface area contributed by atoms with Gasteiger partial charge in [0.15, 0.2) is 14.3 Å². The number of hydrogen-bond acceptors (Lipinski definition) is 12. The molecule has 1 heterocycles. The van der Waals surface area contributed by atoms with Crippen LogP contribution >= 0.6 is 14.3 Å². The summed E-state index contributed by atoms with van der Waals surface area (Å²) in [6.07, 6.45) is -23.7. The average molecular weight is 1130 g/mol. The fourth-order valence-electron chi connectivity index (χ4n) is 5.99. The average Bonchev–Trinajstić information content (AvgIpc) is 3.17. The normalized spacial score (nSPS) is 11.8. The van der Waals surface area contributed by atoms with E-state index in [4.69, 9.17) is 46.0 Å². The summed E-state index contributed by atoms with van der Waals surface area (Å²) < 4.78 is 201. The minimum absolute atomic E-state index is 0. The van der Waals surface area contributed by atoms with Crippen LogP contribution in [-0.4, -0.2) is 15.3 Å². The predicted molar refractivity (Wildman–Crippen MR) is 203 cm³/mol.